The molecule has 0 aliphatic carbocycles. The van der Waals surface area contributed by atoms with Gasteiger partial charge >= 0.3 is 58.6 Å². The normalized spacial score (nSPS) is 1.50. The fourth-order valence-corrected chi connectivity index (χ4v) is 0. The maximum absolute atomic E-state index is 8.42. The van der Waals surface area contributed by atoms with E-state index in [1.54, 1.807) is 0 Å². The van der Waals surface area contributed by atoms with Crippen molar-refractivity contribution in [3.8, 4) is 0 Å². The quantitative estimate of drug-likeness (QED) is 0.489. The minimum atomic E-state index is -0.0833. The van der Waals surface area contributed by atoms with Gasteiger partial charge in [-0.3, -0.25) is 0 Å². The predicted octanol–water partition coefficient (Wildman–Crippen LogP) is -1.04. The summed E-state index contributed by atoms with van der Waals surface area (Å²) in [5.41, 5.74) is 0. The van der Waals surface area contributed by atoms with E-state index in [0.29, 0.717) is 0 Å². The molecule has 0 saturated carbocycles. The summed E-state index contributed by atoms with van der Waals surface area (Å²) in [5.74, 6) is 0. The Kier molecular flexibility index (Phi) is 75.4. The van der Waals surface area contributed by atoms with Gasteiger partial charge in [0.2, 0.25) is 0 Å². The molecule has 0 unspecified atom stereocenters. The van der Waals surface area contributed by atoms with Crippen LogP contribution in [0.3, 0.4) is 0 Å². The van der Waals surface area contributed by atoms with Crippen LogP contribution in [-0.2, 0) is 19.1 Å². The summed E-state index contributed by atoms with van der Waals surface area (Å²) in [5, 5.41) is 0. The number of hydrogen-bond donors (Lipinski definition) is 0. The molecule has 1 nitrogen and oxygen atoms in total. The minimum absolute atomic E-state index is 0. The Morgan fingerprint density at radius 3 is 1.25 bits per heavy atom. The molecular weight excluding hydrogens is 231 g/mol. The van der Waals surface area contributed by atoms with Crippen molar-refractivity contribution in [2.75, 3.05) is 0 Å². The zero-order chi connectivity index (χ0) is 2.00. The van der Waals surface area contributed by atoms with Gasteiger partial charge in [-0.1, -0.05) is 0 Å². The van der Waals surface area contributed by atoms with Crippen LogP contribution in [0.15, 0.2) is 0 Å². The Balaban J connectivity index is -0.00000000500. The summed E-state index contributed by atoms with van der Waals surface area (Å²) in [6, 6.07) is 0. The van der Waals surface area contributed by atoms with E-state index in [1.165, 1.54) is 0 Å². The molecule has 0 fully saturated rings. The van der Waals surface area contributed by atoms with E-state index in [4.69, 9.17) is 1.70 Å². The summed E-state index contributed by atoms with van der Waals surface area (Å²) in [7, 11) is 0. The van der Waals surface area contributed by atoms with Crippen LogP contribution in [0, 0.1) is 33.8 Å². The van der Waals surface area contributed by atoms with Gasteiger partial charge in [0.05, 0.1) is 0 Å². The summed E-state index contributed by atoms with van der Waals surface area (Å²) in [4.78, 5) is 0. The Bertz CT molecular complexity index is 8.00. The van der Waals surface area contributed by atoms with Crippen molar-refractivity contribution < 1.29 is 52.9 Å². The molecular formula is H2CrLaMgO. The third-order valence-electron chi connectivity index (χ3n) is 0. The fourth-order valence-electron chi connectivity index (χ4n) is 0. The van der Waals surface area contributed by atoms with Crippen LogP contribution in [0.1, 0.15) is 0 Å². The third kappa shape index (κ3) is 8.85. The summed E-state index contributed by atoms with van der Waals surface area (Å²) in [6.07, 6.45) is 0. The number of hydrogen-bond acceptors (Lipinski definition) is 1. The molecule has 0 saturated heterocycles. The van der Waals surface area contributed by atoms with E-state index in [1.807, 2.05) is 0 Å². The van der Waals surface area contributed by atoms with Gasteiger partial charge in [0, 0.05) is 17.4 Å². The first-order chi connectivity index (χ1) is 1.00. The van der Waals surface area contributed by atoms with E-state index in [9.17, 15) is 0 Å². The summed E-state index contributed by atoms with van der Waals surface area (Å²) in [6.45, 7) is 0. The van der Waals surface area contributed by atoms with E-state index >= 15 is 0 Å². The molecule has 0 aromatic carbocycles. The Labute approximate surface area is 74.5 Å². The van der Waals surface area contributed by atoms with Crippen LogP contribution in [0.4, 0.5) is 0 Å². The molecule has 0 aromatic heterocycles. The second kappa shape index (κ2) is 18.6. The molecule has 0 bridgehead atoms. The number of rotatable bonds is 0. The molecule has 0 heterocycles. The first-order valence-electron chi connectivity index (χ1n) is 0.236. The monoisotopic (exact) mass is 233 g/mol. The molecule has 0 spiro atoms. The van der Waals surface area contributed by atoms with Crippen LogP contribution in [0.5, 0.6) is 0 Å². The molecule has 0 aliphatic heterocycles. The van der Waals surface area contributed by atoms with Crippen molar-refractivity contribution in [1.82, 2.24) is 0 Å². The van der Waals surface area contributed by atoms with Crippen LogP contribution in [0.25, 0.3) is 0 Å². The van der Waals surface area contributed by atoms with Crippen LogP contribution < -0.4 is 0 Å². The first kappa shape index (κ1) is 16.3. The zero-order valence-electron chi connectivity index (χ0n) is 1.39. The van der Waals surface area contributed by atoms with Crippen molar-refractivity contribution in [3.63, 3.8) is 0 Å². The zero-order valence-corrected chi connectivity index (χ0v) is 6.29. The van der Waals surface area contributed by atoms with Gasteiger partial charge < -0.3 is 0 Å². The van der Waals surface area contributed by atoms with Crippen molar-refractivity contribution >= 4 is 23.1 Å². The van der Waals surface area contributed by atoms with Crippen molar-refractivity contribution in [1.29, 1.82) is 0 Å². The van der Waals surface area contributed by atoms with E-state index < -0.39 is 0 Å². The standard InChI is InChI=1S/Cr.La.Mg.O.2H. The molecule has 0 atom stereocenters. The fraction of sp³-hybridized carbons (Fsp3) is 0. The molecule has 0 aliphatic rings. The van der Waals surface area contributed by atoms with Crippen molar-refractivity contribution in [2.45, 2.75) is 0 Å². The molecule has 19 valence electrons. The molecule has 4 heteroatoms. The average Bonchev–Trinajstić information content (AvgIpc) is 1.00. The van der Waals surface area contributed by atoms with E-state index in [-0.39, 0.29) is 74.2 Å². The second-order valence-electron chi connectivity index (χ2n) is 0. The van der Waals surface area contributed by atoms with Gasteiger partial charge in [0.25, 0.3) is 0 Å². The first-order valence-corrected chi connectivity index (χ1v) is 1.72. The molecule has 4 heavy (non-hydrogen) atoms. The molecule has 0 aromatic rings. The van der Waals surface area contributed by atoms with Crippen LogP contribution >= 0.6 is 0 Å². The van der Waals surface area contributed by atoms with Gasteiger partial charge in [-0.25, -0.2) is 0 Å². The van der Waals surface area contributed by atoms with Crippen molar-refractivity contribution in [2.24, 2.45) is 0 Å². The second-order valence-corrected chi connectivity index (χ2v) is 0. The molecule has 0 N–H and O–H groups in total. The Hall–Kier alpha value is 2.29. The SMILES string of the molecule is [Cr].[MgH2].[O]=[La]. The van der Waals surface area contributed by atoms with Gasteiger partial charge in [-0.05, 0) is 0 Å². The molecule has 0 amide bonds. The third-order valence-corrected chi connectivity index (χ3v) is 0. The van der Waals surface area contributed by atoms with E-state index in [2.05, 4.69) is 0 Å². The van der Waals surface area contributed by atoms with Gasteiger partial charge in [0.1, 0.15) is 0 Å². The molecule has 0 rings (SSSR count). The van der Waals surface area contributed by atoms with Crippen LogP contribution in [0.2, 0.25) is 0 Å². The van der Waals surface area contributed by atoms with Crippen molar-refractivity contribution in [3.05, 3.63) is 0 Å². The average molecular weight is 233 g/mol. The van der Waals surface area contributed by atoms with Gasteiger partial charge in [-0.15, -0.1) is 0 Å². The van der Waals surface area contributed by atoms with Crippen LogP contribution in [-0.4, -0.2) is 23.1 Å². The van der Waals surface area contributed by atoms with Gasteiger partial charge in [0.15, 0.2) is 0 Å². The summed E-state index contributed by atoms with van der Waals surface area (Å²) >= 11 is -0.0833. The topological polar surface area (TPSA) is 17.1 Å². The predicted molar refractivity (Wildman–Crippen MR) is 9.23 cm³/mol. The molecule has 0 radical (unpaired) electrons. The Morgan fingerprint density at radius 1 is 1.25 bits per heavy atom. The maximum atomic E-state index is 8.42. The Morgan fingerprint density at radius 2 is 1.25 bits per heavy atom. The van der Waals surface area contributed by atoms with Gasteiger partial charge in [-0.2, -0.15) is 0 Å². The summed E-state index contributed by atoms with van der Waals surface area (Å²) < 4.78 is 8.42. The van der Waals surface area contributed by atoms with E-state index in [0.717, 1.165) is 0 Å².